The molecule has 1 aliphatic heterocycles. The van der Waals surface area contributed by atoms with Gasteiger partial charge in [-0.15, -0.1) is 0 Å². The number of aryl methyl sites for hydroxylation is 1. The van der Waals surface area contributed by atoms with Gasteiger partial charge < -0.3 is 15.0 Å². The Morgan fingerprint density at radius 2 is 2.04 bits per heavy atom. The van der Waals surface area contributed by atoms with Crippen molar-refractivity contribution < 1.29 is 19.2 Å². The van der Waals surface area contributed by atoms with Gasteiger partial charge in [-0.1, -0.05) is 17.7 Å². The van der Waals surface area contributed by atoms with Gasteiger partial charge in [0.1, 0.15) is 0 Å². The largest absolute Gasteiger partial charge is 0.450 e. The summed E-state index contributed by atoms with van der Waals surface area (Å²) in [5, 5.41) is 3.38. The van der Waals surface area contributed by atoms with Crippen LogP contribution in [0.1, 0.15) is 12.5 Å². The third kappa shape index (κ3) is 5.11. The molecule has 1 heterocycles. The normalized spacial score (nSPS) is 15.3. The average Bonchev–Trinajstić information content (AvgIpc) is 2.51. The summed E-state index contributed by atoms with van der Waals surface area (Å²) in [5.41, 5.74) is 1.68. The molecule has 0 saturated carbocycles. The van der Waals surface area contributed by atoms with Crippen molar-refractivity contribution in [2.75, 3.05) is 44.6 Å². The Bertz CT molecular complexity index is 572. The maximum atomic E-state index is 12.1. The molecule has 0 atom stereocenters. The van der Waals surface area contributed by atoms with E-state index < -0.39 is 0 Å². The minimum atomic E-state index is -0.276. The molecule has 1 aromatic rings. The monoisotopic (exact) mass is 340 g/mol. The van der Waals surface area contributed by atoms with Gasteiger partial charge in [-0.05, 0) is 31.5 Å². The molecule has 6 nitrogen and oxygen atoms in total. The smallest absolute Gasteiger partial charge is 0.410 e. The summed E-state index contributed by atoms with van der Waals surface area (Å²) in [6, 6.07) is 5.54. The minimum absolute atomic E-state index is 0.0738. The van der Waals surface area contributed by atoms with Crippen LogP contribution in [0.15, 0.2) is 18.2 Å². The Kier molecular flexibility index (Phi) is 6.24. The van der Waals surface area contributed by atoms with Crippen molar-refractivity contribution in [1.29, 1.82) is 0 Å². The topological polar surface area (TPSA) is 63.1 Å². The summed E-state index contributed by atoms with van der Waals surface area (Å²) >= 11 is 6.12. The van der Waals surface area contributed by atoms with Gasteiger partial charge in [0.25, 0.3) is 5.91 Å². The van der Waals surface area contributed by atoms with Crippen LogP contribution < -0.4 is 10.2 Å². The van der Waals surface area contributed by atoms with Crippen molar-refractivity contribution in [1.82, 2.24) is 4.90 Å². The van der Waals surface area contributed by atoms with Crippen LogP contribution in [0.5, 0.6) is 0 Å². The lowest BCUT2D eigenvalue weighted by atomic mass is 10.2. The number of rotatable bonds is 4. The zero-order valence-corrected chi connectivity index (χ0v) is 14.3. The van der Waals surface area contributed by atoms with Gasteiger partial charge in [-0.3, -0.25) is 9.69 Å². The molecule has 2 N–H and O–H groups in total. The summed E-state index contributed by atoms with van der Waals surface area (Å²) in [4.78, 5) is 26.6. The van der Waals surface area contributed by atoms with Gasteiger partial charge in [-0.2, -0.15) is 0 Å². The first-order chi connectivity index (χ1) is 11.0. The highest BCUT2D eigenvalue weighted by Gasteiger charge is 2.25. The van der Waals surface area contributed by atoms with E-state index >= 15 is 0 Å². The van der Waals surface area contributed by atoms with Crippen molar-refractivity contribution in [2.45, 2.75) is 13.8 Å². The molecule has 1 saturated heterocycles. The third-order valence-electron chi connectivity index (χ3n) is 3.81. The average molecular weight is 341 g/mol. The number of ether oxygens (including phenoxy) is 1. The fourth-order valence-electron chi connectivity index (χ4n) is 2.54. The highest BCUT2D eigenvalue weighted by molar-refractivity contribution is 6.33. The first kappa shape index (κ1) is 17.6. The van der Waals surface area contributed by atoms with Crippen molar-refractivity contribution in [3.05, 3.63) is 28.8 Å². The summed E-state index contributed by atoms with van der Waals surface area (Å²) in [6.07, 6.45) is -0.276. The molecule has 0 aliphatic carbocycles. The molecule has 0 radical (unpaired) electrons. The molecule has 7 heteroatoms. The first-order valence-electron chi connectivity index (χ1n) is 7.81. The molecule has 126 valence electrons. The van der Waals surface area contributed by atoms with Crippen LogP contribution in [-0.4, -0.2) is 56.2 Å². The summed E-state index contributed by atoms with van der Waals surface area (Å²) < 4.78 is 4.98. The second kappa shape index (κ2) is 8.17. The number of hydrogen-bond donors (Lipinski definition) is 2. The molecule has 0 aromatic heterocycles. The number of anilines is 1. The Morgan fingerprint density at radius 1 is 1.35 bits per heavy atom. The highest BCUT2D eigenvalue weighted by atomic mass is 35.5. The fraction of sp³-hybridized carbons (Fsp3) is 0.500. The molecule has 1 aromatic carbocycles. The Morgan fingerprint density at radius 3 is 2.65 bits per heavy atom. The van der Waals surface area contributed by atoms with E-state index in [1.54, 1.807) is 11.8 Å². The maximum absolute atomic E-state index is 12.1. The van der Waals surface area contributed by atoms with Gasteiger partial charge in [-0.25, -0.2) is 4.79 Å². The van der Waals surface area contributed by atoms with Crippen molar-refractivity contribution >= 4 is 29.3 Å². The molecule has 2 rings (SSSR count). The molecular weight excluding hydrogens is 318 g/mol. The predicted molar refractivity (Wildman–Crippen MR) is 89.0 cm³/mol. The van der Waals surface area contributed by atoms with Gasteiger partial charge in [0, 0.05) is 0 Å². The molecule has 2 amide bonds. The number of carbonyl (C=O) groups excluding carboxylic acids is 2. The van der Waals surface area contributed by atoms with Crippen molar-refractivity contribution in [3.8, 4) is 0 Å². The lowest BCUT2D eigenvalue weighted by molar-refractivity contribution is -0.895. The summed E-state index contributed by atoms with van der Waals surface area (Å²) in [6.45, 7) is 7.15. The van der Waals surface area contributed by atoms with E-state index in [0.29, 0.717) is 37.0 Å². The molecule has 0 bridgehead atoms. The third-order valence-corrected chi connectivity index (χ3v) is 4.12. The van der Waals surface area contributed by atoms with E-state index in [0.717, 1.165) is 23.6 Å². The van der Waals surface area contributed by atoms with Gasteiger partial charge >= 0.3 is 6.09 Å². The van der Waals surface area contributed by atoms with E-state index in [-0.39, 0.29) is 12.0 Å². The van der Waals surface area contributed by atoms with E-state index in [1.165, 1.54) is 0 Å². The maximum Gasteiger partial charge on any atom is 0.410 e. The van der Waals surface area contributed by atoms with Crippen LogP contribution in [0.3, 0.4) is 0 Å². The lowest BCUT2D eigenvalue weighted by Crippen LogP contribution is -3.15. The van der Waals surface area contributed by atoms with Crippen LogP contribution in [-0.2, 0) is 9.53 Å². The Labute approximate surface area is 141 Å². The number of nitrogens with one attached hydrogen (secondary N) is 2. The first-order valence-corrected chi connectivity index (χ1v) is 8.18. The standard InChI is InChI=1S/C16H22ClN3O3/c1-3-23-16(22)20-8-6-19(7-9-20)11-15(21)18-14-5-4-12(2)10-13(14)17/h4-5,10H,3,6-9,11H2,1-2H3,(H,18,21)/p+1. The minimum Gasteiger partial charge on any atom is -0.450 e. The Hall–Kier alpha value is -1.79. The SMILES string of the molecule is CCOC(=O)N1CC[NH+](CC(=O)Nc2ccc(C)cc2Cl)CC1. The van der Waals surface area contributed by atoms with E-state index in [2.05, 4.69) is 5.32 Å². The molecular formula is C16H23ClN3O3+. The molecule has 0 unspecified atom stereocenters. The van der Waals surface area contributed by atoms with E-state index in [1.807, 2.05) is 25.1 Å². The van der Waals surface area contributed by atoms with E-state index in [4.69, 9.17) is 16.3 Å². The second-order valence-electron chi connectivity index (χ2n) is 5.64. The zero-order chi connectivity index (χ0) is 16.8. The van der Waals surface area contributed by atoms with Crippen molar-refractivity contribution in [3.63, 3.8) is 0 Å². The highest BCUT2D eigenvalue weighted by Crippen LogP contribution is 2.22. The van der Waals surface area contributed by atoms with Gasteiger partial charge in [0.15, 0.2) is 6.54 Å². The van der Waals surface area contributed by atoms with Crippen LogP contribution in [0.25, 0.3) is 0 Å². The van der Waals surface area contributed by atoms with Crippen LogP contribution in [0, 0.1) is 6.92 Å². The molecule has 1 fully saturated rings. The zero-order valence-electron chi connectivity index (χ0n) is 13.5. The number of quaternary nitrogens is 1. The predicted octanol–water partition coefficient (Wildman–Crippen LogP) is 0.944. The van der Waals surface area contributed by atoms with Crippen LogP contribution >= 0.6 is 11.6 Å². The van der Waals surface area contributed by atoms with Gasteiger partial charge in [0.05, 0.1) is 43.5 Å². The number of piperazine rings is 1. The summed E-state index contributed by atoms with van der Waals surface area (Å²) in [5.74, 6) is -0.0738. The second-order valence-corrected chi connectivity index (χ2v) is 6.05. The number of carbonyl (C=O) groups is 2. The molecule has 1 aliphatic rings. The van der Waals surface area contributed by atoms with Crippen molar-refractivity contribution in [2.24, 2.45) is 0 Å². The number of hydrogen-bond acceptors (Lipinski definition) is 3. The van der Waals surface area contributed by atoms with Gasteiger partial charge in [0.2, 0.25) is 0 Å². The quantitative estimate of drug-likeness (QED) is 0.857. The van der Waals surface area contributed by atoms with E-state index in [9.17, 15) is 9.59 Å². The van der Waals surface area contributed by atoms with Crippen LogP contribution in [0.4, 0.5) is 10.5 Å². The number of halogens is 1. The molecule has 23 heavy (non-hydrogen) atoms. The Balaban J connectivity index is 1.79. The number of benzene rings is 1. The lowest BCUT2D eigenvalue weighted by Gasteiger charge is -2.31. The number of amides is 2. The van der Waals surface area contributed by atoms with Crippen LogP contribution in [0.2, 0.25) is 5.02 Å². The summed E-state index contributed by atoms with van der Waals surface area (Å²) in [7, 11) is 0. The molecule has 0 spiro atoms. The fourth-order valence-corrected chi connectivity index (χ4v) is 2.82. The number of nitrogens with zero attached hydrogens (tertiary/aromatic N) is 1.